The zero-order valence-corrected chi connectivity index (χ0v) is 24.6. The fourth-order valence-electron chi connectivity index (χ4n) is 5.02. The minimum atomic E-state index is -3.87. The lowest BCUT2D eigenvalue weighted by atomic mass is 10.0. The van der Waals surface area contributed by atoms with Gasteiger partial charge < -0.3 is 14.4 Å². The van der Waals surface area contributed by atoms with E-state index in [1.54, 1.807) is 61.5 Å². The third-order valence-corrected chi connectivity index (χ3v) is 8.90. The van der Waals surface area contributed by atoms with Crippen LogP contribution in [0, 0.1) is 5.92 Å². The van der Waals surface area contributed by atoms with Gasteiger partial charge in [0.15, 0.2) is 0 Å². The van der Waals surface area contributed by atoms with Crippen molar-refractivity contribution in [3.05, 3.63) is 78.4 Å². The van der Waals surface area contributed by atoms with Crippen LogP contribution in [0.25, 0.3) is 11.1 Å². The summed E-state index contributed by atoms with van der Waals surface area (Å²) in [7, 11) is -0.450. The summed E-state index contributed by atoms with van der Waals surface area (Å²) in [5, 5.41) is 0. The molecule has 0 aromatic heterocycles. The Morgan fingerprint density at radius 3 is 2.30 bits per heavy atom. The van der Waals surface area contributed by atoms with Crippen molar-refractivity contribution in [2.24, 2.45) is 5.92 Å². The molecular weight excluding hydrogens is 526 g/mol. The van der Waals surface area contributed by atoms with E-state index in [0.717, 1.165) is 24.2 Å². The van der Waals surface area contributed by atoms with Gasteiger partial charge in [0.25, 0.3) is 15.9 Å². The molecule has 40 heavy (non-hydrogen) atoms. The Morgan fingerprint density at radius 2 is 1.65 bits per heavy atom. The van der Waals surface area contributed by atoms with Crippen LogP contribution in [0.2, 0.25) is 0 Å². The maximum Gasteiger partial charge on any atom is 0.261 e. The number of ether oxygens (including phenoxy) is 2. The van der Waals surface area contributed by atoms with Crippen LogP contribution in [0.4, 0.5) is 5.69 Å². The van der Waals surface area contributed by atoms with E-state index in [2.05, 4.69) is 30.4 Å². The van der Waals surface area contributed by atoms with Gasteiger partial charge in [0.1, 0.15) is 12.4 Å². The molecular formula is C31H39N3O5S. The van der Waals surface area contributed by atoms with Crippen molar-refractivity contribution < 1.29 is 22.7 Å². The molecule has 0 unspecified atom stereocenters. The largest absolute Gasteiger partial charge is 0.491 e. The number of carbonyl (C=O) groups excluding carboxylic acids is 1. The van der Waals surface area contributed by atoms with E-state index in [9.17, 15) is 13.2 Å². The normalized spacial score (nSPS) is 21.1. The molecule has 1 aliphatic rings. The van der Waals surface area contributed by atoms with Gasteiger partial charge in [-0.15, -0.1) is 0 Å². The van der Waals surface area contributed by atoms with Gasteiger partial charge in [0.2, 0.25) is 0 Å². The standard InChI is InChI=1S/C31H39N3O5S/c1-6-34-19-22(2)30(38-5)20-33(4)31(35)28-17-14-26(18-29(28)39-21-23(34)3)32-40(36,37)27-15-12-25(13-16-27)24-10-8-7-9-11-24/h7-18,22-23,30,32H,6,19-21H2,1-5H3/t22-,23-,30-/m1/s1. The highest BCUT2D eigenvalue weighted by Gasteiger charge is 2.28. The van der Waals surface area contributed by atoms with Crippen LogP contribution in [0.3, 0.4) is 0 Å². The molecule has 9 heteroatoms. The van der Waals surface area contributed by atoms with Crippen LogP contribution in [-0.4, -0.2) is 76.7 Å². The van der Waals surface area contributed by atoms with E-state index in [1.807, 2.05) is 30.3 Å². The second-order valence-corrected chi connectivity index (χ2v) is 12.1. The number of nitrogens with zero attached hydrogens (tertiary/aromatic N) is 2. The van der Waals surface area contributed by atoms with Gasteiger partial charge in [-0.25, -0.2) is 8.42 Å². The number of likely N-dealkylation sites (N-methyl/N-ethyl adjacent to an activating group) is 2. The smallest absolute Gasteiger partial charge is 0.261 e. The SMILES string of the molecule is CCN1C[C@@H](C)[C@H](OC)CN(C)C(=O)c2ccc(NS(=O)(=O)c3ccc(-c4ccccc4)cc3)cc2OC[C@H]1C. The molecule has 1 N–H and O–H groups in total. The minimum absolute atomic E-state index is 0.0774. The third-order valence-electron chi connectivity index (χ3n) is 7.51. The Kier molecular flexibility index (Phi) is 9.50. The summed E-state index contributed by atoms with van der Waals surface area (Å²) in [6.45, 7) is 8.75. The maximum atomic E-state index is 13.4. The first-order valence-corrected chi connectivity index (χ1v) is 15.1. The molecule has 3 aromatic carbocycles. The summed E-state index contributed by atoms with van der Waals surface area (Å²) in [6, 6.07) is 21.4. The van der Waals surface area contributed by atoms with Crippen LogP contribution in [0.5, 0.6) is 5.75 Å². The number of benzene rings is 3. The Hall–Kier alpha value is -3.40. The van der Waals surface area contributed by atoms with Gasteiger partial charge in [-0.2, -0.15) is 0 Å². The summed E-state index contributed by atoms with van der Waals surface area (Å²) in [4.78, 5) is 17.5. The number of methoxy groups -OCH3 is 1. The minimum Gasteiger partial charge on any atom is -0.491 e. The molecule has 3 aromatic rings. The Labute approximate surface area is 238 Å². The first-order valence-electron chi connectivity index (χ1n) is 13.6. The predicted molar refractivity (Wildman–Crippen MR) is 158 cm³/mol. The molecule has 1 amide bonds. The summed E-state index contributed by atoms with van der Waals surface area (Å²) in [5.41, 5.74) is 2.62. The van der Waals surface area contributed by atoms with E-state index in [4.69, 9.17) is 9.47 Å². The van der Waals surface area contributed by atoms with E-state index in [0.29, 0.717) is 30.2 Å². The number of amides is 1. The highest BCUT2D eigenvalue weighted by Crippen LogP contribution is 2.29. The summed E-state index contributed by atoms with van der Waals surface area (Å²) in [5.74, 6) is 0.331. The van der Waals surface area contributed by atoms with Crippen molar-refractivity contribution in [3.63, 3.8) is 0 Å². The predicted octanol–water partition coefficient (Wildman–Crippen LogP) is 4.98. The number of fused-ring (bicyclic) bond motifs is 1. The molecule has 4 rings (SSSR count). The van der Waals surface area contributed by atoms with Crippen molar-refractivity contribution in [1.29, 1.82) is 0 Å². The molecule has 0 aliphatic carbocycles. The van der Waals surface area contributed by atoms with E-state index < -0.39 is 10.0 Å². The van der Waals surface area contributed by atoms with Crippen molar-refractivity contribution in [1.82, 2.24) is 9.80 Å². The second kappa shape index (κ2) is 12.8. The molecule has 3 atom stereocenters. The van der Waals surface area contributed by atoms with Crippen LogP contribution >= 0.6 is 0 Å². The zero-order valence-electron chi connectivity index (χ0n) is 23.8. The van der Waals surface area contributed by atoms with Crippen LogP contribution in [-0.2, 0) is 14.8 Å². The van der Waals surface area contributed by atoms with Gasteiger partial charge in [-0.3, -0.25) is 14.4 Å². The summed E-state index contributed by atoms with van der Waals surface area (Å²) in [6.07, 6.45) is -0.127. The lowest BCUT2D eigenvalue weighted by molar-refractivity contribution is 0.0116. The van der Waals surface area contributed by atoms with E-state index >= 15 is 0 Å². The Morgan fingerprint density at radius 1 is 0.975 bits per heavy atom. The summed E-state index contributed by atoms with van der Waals surface area (Å²) >= 11 is 0. The number of anilines is 1. The topological polar surface area (TPSA) is 88.2 Å². The number of carbonyl (C=O) groups is 1. The lowest BCUT2D eigenvalue weighted by Crippen LogP contribution is -2.46. The van der Waals surface area contributed by atoms with Crippen molar-refractivity contribution in [2.75, 3.05) is 45.1 Å². The third kappa shape index (κ3) is 6.83. The zero-order chi connectivity index (χ0) is 28.9. The van der Waals surface area contributed by atoms with Crippen molar-refractivity contribution >= 4 is 21.6 Å². The van der Waals surface area contributed by atoms with Gasteiger partial charge >= 0.3 is 0 Å². The van der Waals surface area contributed by atoms with Crippen LogP contribution in [0.15, 0.2) is 77.7 Å². The first kappa shape index (κ1) is 29.6. The molecule has 0 fully saturated rings. The average Bonchev–Trinajstić information content (AvgIpc) is 2.96. The van der Waals surface area contributed by atoms with Gasteiger partial charge in [-0.1, -0.05) is 56.3 Å². The van der Waals surface area contributed by atoms with Gasteiger partial charge in [0, 0.05) is 39.4 Å². The molecule has 0 bridgehead atoms. The first-order chi connectivity index (χ1) is 19.1. The number of rotatable bonds is 6. The van der Waals surface area contributed by atoms with Gasteiger partial charge in [0.05, 0.1) is 22.3 Å². The molecule has 0 spiro atoms. The molecule has 8 nitrogen and oxygen atoms in total. The van der Waals surface area contributed by atoms with Crippen LogP contribution in [0.1, 0.15) is 31.1 Å². The fourth-order valence-corrected chi connectivity index (χ4v) is 6.07. The number of hydrogen-bond donors (Lipinski definition) is 1. The second-order valence-electron chi connectivity index (χ2n) is 10.4. The molecule has 1 aliphatic heterocycles. The van der Waals surface area contributed by atoms with Crippen molar-refractivity contribution in [2.45, 2.75) is 37.8 Å². The molecule has 0 saturated heterocycles. The summed E-state index contributed by atoms with van der Waals surface area (Å²) < 4.78 is 41.0. The molecule has 214 valence electrons. The maximum absolute atomic E-state index is 13.4. The quantitative estimate of drug-likeness (QED) is 0.454. The number of nitrogens with one attached hydrogen (secondary N) is 1. The van der Waals surface area contributed by atoms with E-state index in [1.165, 1.54) is 0 Å². The average molecular weight is 566 g/mol. The number of hydrogen-bond acceptors (Lipinski definition) is 6. The monoisotopic (exact) mass is 565 g/mol. The molecule has 0 radical (unpaired) electrons. The Balaban J connectivity index is 1.61. The molecule has 0 saturated carbocycles. The van der Waals surface area contributed by atoms with Gasteiger partial charge in [-0.05, 0) is 54.8 Å². The lowest BCUT2D eigenvalue weighted by Gasteiger charge is -2.35. The fraction of sp³-hybridized carbons (Fsp3) is 0.387. The number of sulfonamides is 1. The van der Waals surface area contributed by atoms with Crippen LogP contribution < -0.4 is 9.46 Å². The van der Waals surface area contributed by atoms with Crippen molar-refractivity contribution in [3.8, 4) is 16.9 Å². The Bertz CT molecular complexity index is 1400. The molecule has 1 heterocycles. The van der Waals surface area contributed by atoms with E-state index in [-0.39, 0.29) is 28.9 Å². The highest BCUT2D eigenvalue weighted by molar-refractivity contribution is 7.92. The highest BCUT2D eigenvalue weighted by atomic mass is 32.2.